The molecule has 11 heteroatoms. The maximum absolute atomic E-state index is 10.6. The van der Waals surface area contributed by atoms with E-state index in [2.05, 4.69) is 21.1 Å². The van der Waals surface area contributed by atoms with Gasteiger partial charge in [0, 0.05) is 24.3 Å². The van der Waals surface area contributed by atoms with Gasteiger partial charge in [-0.25, -0.2) is 0 Å². The summed E-state index contributed by atoms with van der Waals surface area (Å²) in [6.07, 6.45) is 2.88. The molecule has 2 aromatic carbocycles. The lowest BCUT2D eigenvalue weighted by Gasteiger charge is -2.01. The van der Waals surface area contributed by atoms with Crippen LogP contribution < -0.4 is 10.9 Å². The van der Waals surface area contributed by atoms with Crippen LogP contribution in [0.3, 0.4) is 0 Å². The molecule has 0 amide bonds. The lowest BCUT2D eigenvalue weighted by molar-refractivity contribution is -0.385. The minimum Gasteiger partial charge on any atom is -0.258 e. The summed E-state index contributed by atoms with van der Waals surface area (Å²) in [6.45, 7) is 0. The third-order valence-corrected chi connectivity index (χ3v) is 3.15. The van der Waals surface area contributed by atoms with Crippen LogP contribution in [-0.2, 0) is 0 Å². The predicted molar refractivity (Wildman–Crippen MR) is 100 cm³/mol. The first-order valence-corrected chi connectivity index (χ1v) is 7.47. The molecule has 0 saturated carbocycles. The van der Waals surface area contributed by atoms with Crippen molar-refractivity contribution in [2.75, 3.05) is 0 Å². The van der Waals surface area contributed by atoms with Crippen LogP contribution in [0.15, 0.2) is 58.7 Å². The molecule has 0 radical (unpaired) electrons. The van der Waals surface area contributed by atoms with E-state index in [1.807, 2.05) is 0 Å². The van der Waals surface area contributed by atoms with Crippen molar-refractivity contribution >= 4 is 41.1 Å². The molecule has 0 atom stereocenters. The topological polar surface area (TPSA) is 135 Å². The zero-order chi connectivity index (χ0) is 18.9. The molecule has 0 aliphatic rings. The van der Waals surface area contributed by atoms with Crippen LogP contribution in [0.1, 0.15) is 11.1 Å². The van der Waals surface area contributed by atoms with Crippen molar-refractivity contribution in [2.45, 2.75) is 0 Å². The van der Waals surface area contributed by atoms with Gasteiger partial charge in [-0.2, -0.15) is 10.2 Å². The van der Waals surface area contributed by atoms with Crippen LogP contribution >= 0.6 is 12.2 Å². The fraction of sp³-hybridized carbons (Fsp3) is 0. The zero-order valence-corrected chi connectivity index (χ0v) is 13.9. The van der Waals surface area contributed by atoms with Crippen LogP contribution in [0, 0.1) is 20.2 Å². The molecular formula is C15H12N6O4S. The van der Waals surface area contributed by atoms with Crippen LogP contribution in [0.2, 0.25) is 0 Å². The summed E-state index contributed by atoms with van der Waals surface area (Å²) in [5.41, 5.74) is 6.36. The summed E-state index contributed by atoms with van der Waals surface area (Å²) in [4.78, 5) is 20.1. The Hall–Kier alpha value is -3.73. The third kappa shape index (κ3) is 5.72. The van der Waals surface area contributed by atoms with Gasteiger partial charge in [0.15, 0.2) is 0 Å². The minimum atomic E-state index is -0.485. The molecule has 26 heavy (non-hydrogen) atoms. The van der Waals surface area contributed by atoms with E-state index in [0.29, 0.717) is 11.1 Å². The van der Waals surface area contributed by atoms with Crippen LogP contribution in [0.4, 0.5) is 11.4 Å². The fourth-order valence-corrected chi connectivity index (χ4v) is 1.83. The lowest BCUT2D eigenvalue weighted by atomic mass is 10.2. The Kier molecular flexibility index (Phi) is 6.40. The van der Waals surface area contributed by atoms with Crippen molar-refractivity contribution < 1.29 is 9.85 Å². The molecule has 10 nitrogen and oxygen atoms in total. The van der Waals surface area contributed by atoms with Gasteiger partial charge in [-0.15, -0.1) is 0 Å². The van der Waals surface area contributed by atoms with Gasteiger partial charge in [0.05, 0.1) is 22.3 Å². The molecule has 0 aromatic heterocycles. The maximum Gasteiger partial charge on any atom is 0.269 e. The van der Waals surface area contributed by atoms with Crippen molar-refractivity contribution in [1.82, 2.24) is 10.9 Å². The smallest absolute Gasteiger partial charge is 0.258 e. The SMILES string of the molecule is O=[N+]([O-])c1ccc(/C=N\NC(=S)N/N=C\c2ccc([N+](=O)[O-])cc2)cc1. The van der Waals surface area contributed by atoms with E-state index in [9.17, 15) is 20.2 Å². The van der Waals surface area contributed by atoms with Crippen molar-refractivity contribution in [1.29, 1.82) is 0 Å². The number of hydrogen-bond acceptors (Lipinski definition) is 7. The Bertz CT molecular complexity index is 793. The number of nitrogens with zero attached hydrogens (tertiary/aromatic N) is 4. The summed E-state index contributed by atoms with van der Waals surface area (Å²) >= 11 is 4.97. The Morgan fingerprint density at radius 2 is 1.15 bits per heavy atom. The van der Waals surface area contributed by atoms with E-state index < -0.39 is 9.85 Å². The highest BCUT2D eigenvalue weighted by atomic mass is 32.1. The molecule has 0 saturated heterocycles. The summed E-state index contributed by atoms with van der Waals surface area (Å²) in [6, 6.07) is 11.7. The molecule has 0 fully saturated rings. The Labute approximate surface area is 152 Å². The largest absolute Gasteiger partial charge is 0.269 e. The van der Waals surface area contributed by atoms with Crippen molar-refractivity contribution in [2.24, 2.45) is 10.2 Å². The number of nitro benzene ring substituents is 2. The molecule has 2 aromatic rings. The Morgan fingerprint density at radius 1 is 0.808 bits per heavy atom. The van der Waals surface area contributed by atoms with Crippen LogP contribution in [-0.4, -0.2) is 27.4 Å². The van der Waals surface area contributed by atoms with Gasteiger partial charge in [-0.1, -0.05) is 0 Å². The predicted octanol–water partition coefficient (Wildman–Crippen LogP) is 2.34. The number of nitrogens with one attached hydrogen (secondary N) is 2. The van der Waals surface area contributed by atoms with Gasteiger partial charge >= 0.3 is 0 Å². The molecule has 0 spiro atoms. The van der Waals surface area contributed by atoms with Crippen molar-refractivity contribution in [3.63, 3.8) is 0 Å². The Balaban J connectivity index is 1.81. The highest BCUT2D eigenvalue weighted by Crippen LogP contribution is 2.11. The number of non-ortho nitro benzene ring substituents is 2. The lowest BCUT2D eigenvalue weighted by Crippen LogP contribution is -2.28. The number of rotatable bonds is 6. The highest BCUT2D eigenvalue weighted by Gasteiger charge is 2.03. The van der Waals surface area contributed by atoms with E-state index >= 15 is 0 Å². The molecule has 0 bridgehead atoms. The van der Waals surface area contributed by atoms with Crippen molar-refractivity contribution in [3.05, 3.63) is 79.9 Å². The van der Waals surface area contributed by atoms with E-state index in [1.165, 1.54) is 36.7 Å². The first-order valence-electron chi connectivity index (χ1n) is 7.07. The van der Waals surface area contributed by atoms with E-state index in [4.69, 9.17) is 12.2 Å². The first kappa shape index (κ1) is 18.6. The average molecular weight is 372 g/mol. The quantitative estimate of drug-likeness (QED) is 0.344. The number of benzene rings is 2. The summed E-state index contributed by atoms with van der Waals surface area (Å²) in [5, 5.41) is 29.0. The average Bonchev–Trinajstić information content (AvgIpc) is 2.62. The summed E-state index contributed by atoms with van der Waals surface area (Å²) in [5.74, 6) is 0. The van der Waals surface area contributed by atoms with E-state index in [-0.39, 0.29) is 16.5 Å². The maximum atomic E-state index is 10.6. The molecule has 0 aliphatic heterocycles. The third-order valence-electron chi connectivity index (χ3n) is 2.97. The second-order valence-corrected chi connectivity index (χ2v) is 5.17. The minimum absolute atomic E-state index is 0.00659. The molecule has 2 rings (SSSR count). The second kappa shape index (κ2) is 8.94. The van der Waals surface area contributed by atoms with Gasteiger partial charge in [0.25, 0.3) is 11.4 Å². The van der Waals surface area contributed by atoms with Crippen molar-refractivity contribution in [3.8, 4) is 0 Å². The normalized spacial score (nSPS) is 10.8. The molecule has 132 valence electrons. The van der Waals surface area contributed by atoms with Gasteiger partial charge in [-0.3, -0.25) is 31.1 Å². The molecule has 0 heterocycles. The molecule has 0 aliphatic carbocycles. The Morgan fingerprint density at radius 3 is 1.46 bits per heavy atom. The van der Waals surface area contributed by atoms with E-state index in [0.717, 1.165) is 0 Å². The molecule has 2 N–H and O–H groups in total. The number of thiocarbonyl (C=S) groups is 1. The van der Waals surface area contributed by atoms with Gasteiger partial charge in [0.2, 0.25) is 5.11 Å². The zero-order valence-electron chi connectivity index (χ0n) is 13.1. The number of hydrazone groups is 2. The first-order chi connectivity index (χ1) is 12.5. The molecule has 0 unspecified atom stereocenters. The highest BCUT2D eigenvalue weighted by molar-refractivity contribution is 7.80. The van der Waals surface area contributed by atoms with Gasteiger partial charge < -0.3 is 0 Å². The number of nitro groups is 2. The number of hydrogen-bond donors (Lipinski definition) is 2. The van der Waals surface area contributed by atoms with E-state index in [1.54, 1.807) is 24.3 Å². The van der Waals surface area contributed by atoms with Crippen LogP contribution in [0.5, 0.6) is 0 Å². The van der Waals surface area contributed by atoms with Crippen LogP contribution in [0.25, 0.3) is 0 Å². The monoisotopic (exact) mass is 372 g/mol. The standard InChI is InChI=1S/C15H12N6O4S/c22-20(23)13-5-1-11(2-6-13)9-16-18-15(26)19-17-10-12-3-7-14(8-4-12)21(24)25/h1-10H,(H2,18,19,26)/b16-9-,17-10-. The van der Waals surface area contributed by atoms with Gasteiger partial charge in [0.1, 0.15) is 0 Å². The second-order valence-electron chi connectivity index (χ2n) is 4.77. The summed E-state index contributed by atoms with van der Waals surface area (Å²) < 4.78 is 0. The fourth-order valence-electron chi connectivity index (χ4n) is 1.72. The molecular weight excluding hydrogens is 360 g/mol. The summed E-state index contributed by atoms with van der Waals surface area (Å²) in [7, 11) is 0. The van der Waals surface area contributed by atoms with Gasteiger partial charge in [-0.05, 0) is 47.6 Å².